The first kappa shape index (κ1) is 17.9. The highest BCUT2D eigenvalue weighted by molar-refractivity contribution is 5.55. The van der Waals surface area contributed by atoms with Crippen LogP contribution >= 0.6 is 0 Å². The fourth-order valence-corrected chi connectivity index (χ4v) is 2.38. The van der Waals surface area contributed by atoms with Crippen LogP contribution < -0.4 is 5.56 Å². The maximum absolute atomic E-state index is 12.6. The number of halogens is 3. The first-order chi connectivity index (χ1) is 12.4. The number of nitrogens with zero attached hydrogens (tertiary/aromatic N) is 1. The molecule has 0 radical (unpaired) electrons. The summed E-state index contributed by atoms with van der Waals surface area (Å²) in [6.45, 7) is 0.484. The van der Waals surface area contributed by atoms with E-state index in [0.717, 1.165) is 17.7 Å². The highest BCUT2D eigenvalue weighted by atomic mass is 19.4. The minimum Gasteiger partial charge on any atom is -0.370 e. The summed E-state index contributed by atoms with van der Waals surface area (Å²) in [4.78, 5) is 18.6. The molecule has 3 rings (SSSR count). The van der Waals surface area contributed by atoms with Gasteiger partial charge in [-0.15, -0.1) is 0 Å². The van der Waals surface area contributed by atoms with Crippen LogP contribution in [-0.4, -0.2) is 9.97 Å². The van der Waals surface area contributed by atoms with Crippen molar-refractivity contribution in [1.29, 1.82) is 0 Å². The van der Waals surface area contributed by atoms with Gasteiger partial charge in [0.05, 0.1) is 24.5 Å². The Balaban J connectivity index is 1.74. The van der Waals surface area contributed by atoms with E-state index >= 15 is 0 Å². The number of rotatable bonds is 5. The molecule has 2 aromatic carbocycles. The zero-order chi connectivity index (χ0) is 18.6. The predicted octanol–water partition coefficient (Wildman–Crippen LogP) is 4.17. The summed E-state index contributed by atoms with van der Waals surface area (Å²) < 4.78 is 43.5. The number of alkyl halides is 3. The zero-order valence-electron chi connectivity index (χ0n) is 13.6. The molecule has 0 spiro atoms. The monoisotopic (exact) mass is 360 g/mol. The first-order valence-electron chi connectivity index (χ1n) is 7.81. The Kier molecular flexibility index (Phi) is 5.18. The van der Waals surface area contributed by atoms with Gasteiger partial charge in [-0.25, -0.2) is 4.98 Å². The second kappa shape index (κ2) is 7.53. The number of hydrogen-bond acceptors (Lipinski definition) is 3. The number of nitrogens with one attached hydrogen (secondary N) is 1. The molecule has 26 heavy (non-hydrogen) atoms. The molecule has 7 heteroatoms. The van der Waals surface area contributed by atoms with Crippen LogP contribution in [0.3, 0.4) is 0 Å². The molecule has 134 valence electrons. The summed E-state index contributed by atoms with van der Waals surface area (Å²) in [5.74, 6) is 0.199. The number of hydrogen-bond donors (Lipinski definition) is 1. The fraction of sp³-hybridized carbons (Fsp3) is 0.158. The molecule has 0 unspecified atom stereocenters. The van der Waals surface area contributed by atoms with Crippen LogP contribution in [0.15, 0.2) is 65.5 Å². The number of benzene rings is 2. The average Bonchev–Trinajstić information content (AvgIpc) is 2.62. The minimum absolute atomic E-state index is 0.118. The maximum atomic E-state index is 12.6. The fourth-order valence-electron chi connectivity index (χ4n) is 2.38. The lowest BCUT2D eigenvalue weighted by molar-refractivity contribution is -0.137. The predicted molar refractivity (Wildman–Crippen MR) is 90.2 cm³/mol. The summed E-state index contributed by atoms with van der Waals surface area (Å²) in [7, 11) is 0. The Morgan fingerprint density at radius 3 is 2.31 bits per heavy atom. The molecule has 0 fully saturated rings. The van der Waals surface area contributed by atoms with E-state index in [-0.39, 0.29) is 12.4 Å². The van der Waals surface area contributed by atoms with Crippen molar-refractivity contribution < 1.29 is 17.9 Å². The largest absolute Gasteiger partial charge is 0.416 e. The molecule has 1 heterocycles. The number of ether oxygens (including phenoxy) is 1. The lowest BCUT2D eigenvalue weighted by Crippen LogP contribution is -2.11. The quantitative estimate of drug-likeness (QED) is 0.743. The van der Waals surface area contributed by atoms with E-state index < -0.39 is 17.3 Å². The van der Waals surface area contributed by atoms with E-state index in [2.05, 4.69) is 9.97 Å². The van der Waals surface area contributed by atoms with Crippen molar-refractivity contribution in [3.05, 3.63) is 87.8 Å². The standard InChI is InChI=1S/C19H15F3N2O2/c20-19(21,22)15-8-6-14(7-9-15)18-23-16(10-17(25)24-18)12-26-11-13-4-2-1-3-5-13/h1-10H,11-12H2,(H,23,24,25). The van der Waals surface area contributed by atoms with Gasteiger partial charge in [-0.2, -0.15) is 13.2 Å². The molecule has 0 aliphatic rings. The average molecular weight is 360 g/mol. The minimum atomic E-state index is -4.41. The van der Waals surface area contributed by atoms with Crippen molar-refractivity contribution in [3.8, 4) is 11.4 Å². The maximum Gasteiger partial charge on any atom is 0.416 e. The molecule has 0 aliphatic carbocycles. The van der Waals surface area contributed by atoms with E-state index in [4.69, 9.17) is 4.74 Å². The summed E-state index contributed by atoms with van der Waals surface area (Å²) in [6.07, 6.45) is -4.41. The third kappa shape index (κ3) is 4.58. The van der Waals surface area contributed by atoms with Crippen LogP contribution in [0.2, 0.25) is 0 Å². The number of H-pyrrole nitrogens is 1. The lowest BCUT2D eigenvalue weighted by atomic mass is 10.1. The van der Waals surface area contributed by atoms with E-state index in [1.807, 2.05) is 30.3 Å². The number of aromatic amines is 1. The van der Waals surface area contributed by atoms with Crippen molar-refractivity contribution in [2.45, 2.75) is 19.4 Å². The third-order valence-corrected chi connectivity index (χ3v) is 3.64. The van der Waals surface area contributed by atoms with Crippen molar-refractivity contribution in [1.82, 2.24) is 9.97 Å². The van der Waals surface area contributed by atoms with Gasteiger partial charge in [0.25, 0.3) is 5.56 Å². The van der Waals surface area contributed by atoms with Crippen LogP contribution in [0.1, 0.15) is 16.8 Å². The van der Waals surface area contributed by atoms with Crippen LogP contribution in [0.5, 0.6) is 0 Å². The van der Waals surface area contributed by atoms with Gasteiger partial charge in [0.1, 0.15) is 5.82 Å². The van der Waals surface area contributed by atoms with Gasteiger partial charge in [0.2, 0.25) is 0 Å². The van der Waals surface area contributed by atoms with Gasteiger partial charge >= 0.3 is 6.18 Å². The van der Waals surface area contributed by atoms with Crippen molar-refractivity contribution in [3.63, 3.8) is 0 Å². The normalized spacial score (nSPS) is 11.5. The molecular weight excluding hydrogens is 345 g/mol. The van der Waals surface area contributed by atoms with Gasteiger partial charge < -0.3 is 9.72 Å². The molecule has 0 aliphatic heterocycles. The summed E-state index contributed by atoms with van der Waals surface area (Å²) in [5, 5.41) is 0. The molecule has 0 amide bonds. The second-order valence-corrected chi connectivity index (χ2v) is 5.64. The van der Waals surface area contributed by atoms with Gasteiger partial charge in [-0.1, -0.05) is 42.5 Å². The highest BCUT2D eigenvalue weighted by Crippen LogP contribution is 2.30. The van der Waals surface area contributed by atoms with Gasteiger partial charge in [0.15, 0.2) is 0 Å². The highest BCUT2D eigenvalue weighted by Gasteiger charge is 2.30. The van der Waals surface area contributed by atoms with Crippen LogP contribution in [0.4, 0.5) is 13.2 Å². The van der Waals surface area contributed by atoms with E-state index in [1.165, 1.54) is 18.2 Å². The second-order valence-electron chi connectivity index (χ2n) is 5.64. The SMILES string of the molecule is O=c1cc(COCc2ccccc2)nc(-c2ccc(C(F)(F)F)cc2)[nH]1. The molecule has 0 atom stereocenters. The van der Waals surface area contributed by atoms with Gasteiger partial charge in [0, 0.05) is 11.6 Å². The molecule has 4 nitrogen and oxygen atoms in total. The third-order valence-electron chi connectivity index (χ3n) is 3.64. The lowest BCUT2D eigenvalue weighted by Gasteiger charge is -2.08. The Morgan fingerprint density at radius 1 is 0.962 bits per heavy atom. The van der Waals surface area contributed by atoms with E-state index in [1.54, 1.807) is 0 Å². The first-order valence-corrected chi connectivity index (χ1v) is 7.81. The van der Waals surface area contributed by atoms with E-state index in [0.29, 0.717) is 17.9 Å². The van der Waals surface area contributed by atoms with Crippen LogP contribution in [0.25, 0.3) is 11.4 Å². The molecule has 0 saturated heterocycles. The van der Waals surface area contributed by atoms with Crippen molar-refractivity contribution in [2.75, 3.05) is 0 Å². The Morgan fingerprint density at radius 2 is 1.65 bits per heavy atom. The molecule has 3 aromatic rings. The smallest absolute Gasteiger partial charge is 0.370 e. The summed E-state index contributed by atoms with van der Waals surface area (Å²) in [5.41, 5.74) is 0.624. The zero-order valence-corrected chi connectivity index (χ0v) is 13.6. The number of aromatic nitrogens is 2. The van der Waals surface area contributed by atoms with Gasteiger partial charge in [-0.05, 0) is 17.7 Å². The molecular formula is C19H15F3N2O2. The molecule has 0 saturated carbocycles. The van der Waals surface area contributed by atoms with Crippen molar-refractivity contribution in [2.24, 2.45) is 0 Å². The molecule has 1 aromatic heterocycles. The van der Waals surface area contributed by atoms with Crippen LogP contribution in [0, 0.1) is 0 Å². The molecule has 0 bridgehead atoms. The van der Waals surface area contributed by atoms with E-state index in [9.17, 15) is 18.0 Å². The summed E-state index contributed by atoms with van der Waals surface area (Å²) in [6, 6.07) is 15.3. The Hall–Kier alpha value is -2.93. The molecule has 1 N–H and O–H groups in total. The topological polar surface area (TPSA) is 55.0 Å². The Labute approximate surface area is 147 Å². The summed E-state index contributed by atoms with van der Waals surface area (Å²) >= 11 is 0. The van der Waals surface area contributed by atoms with Crippen LogP contribution in [-0.2, 0) is 24.1 Å². The van der Waals surface area contributed by atoms with Gasteiger partial charge in [-0.3, -0.25) is 4.79 Å². The Bertz CT molecular complexity index is 920. The van der Waals surface area contributed by atoms with Crippen molar-refractivity contribution >= 4 is 0 Å².